The smallest absolute Gasteiger partial charge is 0.303 e. The second kappa shape index (κ2) is 9.48. The Morgan fingerprint density at radius 3 is 2.41 bits per heavy atom. The first-order chi connectivity index (χ1) is 10.4. The van der Waals surface area contributed by atoms with Crippen LogP contribution in [0, 0.1) is 0 Å². The molecule has 5 nitrogen and oxygen atoms in total. The summed E-state index contributed by atoms with van der Waals surface area (Å²) in [4.78, 5) is 34.8. The minimum atomic E-state index is -1.03. The van der Waals surface area contributed by atoms with Crippen molar-refractivity contribution in [3.63, 3.8) is 0 Å². The summed E-state index contributed by atoms with van der Waals surface area (Å²) in [7, 11) is 0. The monoisotopic (exact) mass is 343 g/mol. The van der Waals surface area contributed by atoms with Crippen molar-refractivity contribution < 1.29 is 19.5 Å². The number of rotatable bonds is 9. The van der Waals surface area contributed by atoms with E-state index in [1.54, 1.807) is 36.0 Å². The van der Waals surface area contributed by atoms with Crippen LogP contribution >= 0.6 is 23.4 Å². The molecule has 0 aromatic heterocycles. The second-order valence-corrected chi connectivity index (χ2v) is 6.10. The maximum absolute atomic E-state index is 12.1. The van der Waals surface area contributed by atoms with Crippen LogP contribution in [-0.4, -0.2) is 40.8 Å². The van der Waals surface area contributed by atoms with Gasteiger partial charge < -0.3 is 10.4 Å². The van der Waals surface area contributed by atoms with Gasteiger partial charge in [0.2, 0.25) is 0 Å². The van der Waals surface area contributed by atoms with E-state index in [0.29, 0.717) is 22.8 Å². The molecule has 120 valence electrons. The summed E-state index contributed by atoms with van der Waals surface area (Å²) in [5.41, 5.74) is 0.407. The van der Waals surface area contributed by atoms with Gasteiger partial charge in [-0.2, -0.15) is 11.8 Å². The Balaban J connectivity index is 2.70. The Hall–Kier alpha value is -1.53. The molecule has 0 spiro atoms. The van der Waals surface area contributed by atoms with Crippen molar-refractivity contribution in [3.8, 4) is 0 Å². The molecule has 0 aliphatic carbocycles. The third kappa shape index (κ3) is 6.49. The van der Waals surface area contributed by atoms with Gasteiger partial charge in [0.1, 0.15) is 0 Å². The van der Waals surface area contributed by atoms with E-state index in [2.05, 4.69) is 5.32 Å². The van der Waals surface area contributed by atoms with Crippen LogP contribution in [0.25, 0.3) is 0 Å². The van der Waals surface area contributed by atoms with Crippen molar-refractivity contribution in [1.82, 2.24) is 5.32 Å². The number of benzene rings is 1. The Kier molecular flexibility index (Phi) is 7.98. The standard InChI is InChI=1S/C15H18ClNO4S/c1-22-9-8-12(13(18)6-7-14(19)20)17-15(21)10-2-4-11(16)5-3-10/h2-5,12H,6-9H2,1H3,(H,17,21)(H,19,20). The van der Waals surface area contributed by atoms with Crippen LogP contribution in [0.4, 0.5) is 0 Å². The largest absolute Gasteiger partial charge is 0.481 e. The van der Waals surface area contributed by atoms with E-state index in [1.807, 2.05) is 6.26 Å². The maximum atomic E-state index is 12.1. The quantitative estimate of drug-likeness (QED) is 0.720. The zero-order valence-corrected chi connectivity index (χ0v) is 13.7. The summed E-state index contributed by atoms with van der Waals surface area (Å²) < 4.78 is 0. The average molecular weight is 344 g/mol. The van der Waals surface area contributed by atoms with Gasteiger partial charge in [-0.05, 0) is 42.7 Å². The van der Waals surface area contributed by atoms with Crippen LogP contribution in [0.3, 0.4) is 0 Å². The number of thioether (sulfide) groups is 1. The lowest BCUT2D eigenvalue weighted by Crippen LogP contribution is -2.41. The fraction of sp³-hybridized carbons (Fsp3) is 0.400. The Bertz CT molecular complexity index is 533. The zero-order chi connectivity index (χ0) is 16.5. The highest BCUT2D eigenvalue weighted by atomic mass is 35.5. The van der Waals surface area contributed by atoms with Crippen molar-refractivity contribution in [2.45, 2.75) is 25.3 Å². The molecular weight excluding hydrogens is 326 g/mol. The molecular formula is C15H18ClNO4S. The van der Waals surface area contributed by atoms with Gasteiger partial charge in [0.05, 0.1) is 12.5 Å². The maximum Gasteiger partial charge on any atom is 0.303 e. The molecule has 1 unspecified atom stereocenters. The number of carbonyl (C=O) groups excluding carboxylic acids is 2. The highest BCUT2D eigenvalue weighted by Gasteiger charge is 2.21. The molecule has 1 atom stereocenters. The van der Waals surface area contributed by atoms with Gasteiger partial charge in [-0.25, -0.2) is 0 Å². The van der Waals surface area contributed by atoms with E-state index < -0.39 is 12.0 Å². The minimum Gasteiger partial charge on any atom is -0.481 e. The Morgan fingerprint density at radius 2 is 1.86 bits per heavy atom. The lowest BCUT2D eigenvalue weighted by Gasteiger charge is -2.17. The van der Waals surface area contributed by atoms with Crippen molar-refractivity contribution in [2.24, 2.45) is 0 Å². The molecule has 2 N–H and O–H groups in total. The third-order valence-corrected chi connectivity index (χ3v) is 3.89. The lowest BCUT2D eigenvalue weighted by atomic mass is 10.0. The van der Waals surface area contributed by atoms with Crippen LogP contribution in [0.1, 0.15) is 29.6 Å². The molecule has 1 amide bonds. The van der Waals surface area contributed by atoms with E-state index in [4.69, 9.17) is 16.7 Å². The summed E-state index contributed by atoms with van der Waals surface area (Å²) in [6.07, 6.45) is 2.06. The van der Waals surface area contributed by atoms with Crippen molar-refractivity contribution >= 4 is 41.0 Å². The van der Waals surface area contributed by atoms with Crippen molar-refractivity contribution in [2.75, 3.05) is 12.0 Å². The number of aliphatic carboxylic acids is 1. The van der Waals surface area contributed by atoms with E-state index in [9.17, 15) is 14.4 Å². The van der Waals surface area contributed by atoms with Crippen molar-refractivity contribution in [1.29, 1.82) is 0 Å². The van der Waals surface area contributed by atoms with Crippen LogP contribution in [0.2, 0.25) is 5.02 Å². The predicted octanol–water partition coefficient (Wildman–Crippen LogP) is 2.63. The number of hydrogen-bond acceptors (Lipinski definition) is 4. The molecule has 0 radical (unpaired) electrons. The fourth-order valence-corrected chi connectivity index (χ4v) is 2.39. The van der Waals surface area contributed by atoms with Gasteiger partial charge in [-0.1, -0.05) is 11.6 Å². The first-order valence-electron chi connectivity index (χ1n) is 6.74. The normalized spacial score (nSPS) is 11.7. The molecule has 1 aromatic carbocycles. The molecule has 22 heavy (non-hydrogen) atoms. The topological polar surface area (TPSA) is 83.5 Å². The average Bonchev–Trinajstić information content (AvgIpc) is 2.49. The van der Waals surface area contributed by atoms with E-state index >= 15 is 0 Å². The number of halogens is 1. The second-order valence-electron chi connectivity index (χ2n) is 4.67. The summed E-state index contributed by atoms with van der Waals surface area (Å²) >= 11 is 7.33. The van der Waals surface area contributed by atoms with E-state index in [-0.39, 0.29) is 24.5 Å². The van der Waals surface area contributed by atoms with Gasteiger partial charge in [0.15, 0.2) is 5.78 Å². The number of ketones is 1. The summed E-state index contributed by atoms with van der Waals surface area (Å²) in [5.74, 6) is -0.962. The third-order valence-electron chi connectivity index (χ3n) is 3.00. The van der Waals surface area contributed by atoms with Crippen molar-refractivity contribution in [3.05, 3.63) is 34.9 Å². The zero-order valence-electron chi connectivity index (χ0n) is 12.2. The predicted molar refractivity (Wildman–Crippen MR) is 87.6 cm³/mol. The van der Waals surface area contributed by atoms with Gasteiger partial charge in [0.25, 0.3) is 5.91 Å². The van der Waals surface area contributed by atoms with Crippen LogP contribution in [-0.2, 0) is 9.59 Å². The molecule has 1 aromatic rings. The molecule has 0 heterocycles. The first-order valence-corrected chi connectivity index (χ1v) is 8.51. The molecule has 0 bridgehead atoms. The van der Waals surface area contributed by atoms with E-state index in [0.717, 1.165) is 0 Å². The highest BCUT2D eigenvalue weighted by Crippen LogP contribution is 2.11. The van der Waals surface area contributed by atoms with Gasteiger partial charge in [-0.3, -0.25) is 14.4 Å². The molecule has 0 aliphatic heterocycles. The lowest BCUT2D eigenvalue weighted by molar-refractivity contribution is -0.138. The molecule has 0 saturated carbocycles. The van der Waals surface area contributed by atoms with Gasteiger partial charge in [-0.15, -0.1) is 0 Å². The molecule has 0 saturated heterocycles. The number of carboxylic acids is 1. The highest BCUT2D eigenvalue weighted by molar-refractivity contribution is 7.98. The van der Waals surface area contributed by atoms with Crippen LogP contribution < -0.4 is 5.32 Å². The number of amides is 1. The molecule has 7 heteroatoms. The minimum absolute atomic E-state index is 0.0880. The number of carbonyl (C=O) groups is 3. The van der Waals surface area contributed by atoms with Crippen LogP contribution in [0.5, 0.6) is 0 Å². The molecule has 1 rings (SSSR count). The number of carboxylic acid groups (broad SMARTS) is 1. The Labute approximate surface area is 138 Å². The van der Waals surface area contributed by atoms with Gasteiger partial charge >= 0.3 is 5.97 Å². The Morgan fingerprint density at radius 1 is 1.23 bits per heavy atom. The number of nitrogens with one attached hydrogen (secondary N) is 1. The molecule has 0 fully saturated rings. The molecule has 0 aliphatic rings. The summed E-state index contributed by atoms with van der Waals surface area (Å²) in [6, 6.07) is 5.67. The SMILES string of the molecule is CSCCC(NC(=O)c1ccc(Cl)cc1)C(=O)CCC(=O)O. The summed E-state index contributed by atoms with van der Waals surface area (Å²) in [6.45, 7) is 0. The number of hydrogen-bond donors (Lipinski definition) is 2. The first kappa shape index (κ1) is 18.5. The number of Topliss-reactive ketones (excluding diaryl/α,β-unsaturated/α-hetero) is 1. The van der Waals surface area contributed by atoms with Gasteiger partial charge in [0, 0.05) is 17.0 Å². The summed E-state index contributed by atoms with van der Waals surface area (Å²) in [5, 5.41) is 11.8. The fourth-order valence-electron chi connectivity index (χ4n) is 1.80. The van der Waals surface area contributed by atoms with E-state index in [1.165, 1.54) is 0 Å². The van der Waals surface area contributed by atoms with Crippen LogP contribution in [0.15, 0.2) is 24.3 Å².